The molecule has 3 aromatic rings. The molecular formula is C35H40N2O4Si. The van der Waals surface area contributed by atoms with E-state index >= 15 is 0 Å². The molecule has 0 radical (unpaired) electrons. The summed E-state index contributed by atoms with van der Waals surface area (Å²) < 4.78 is 12.6. The number of nitrogens with two attached hydrogens (primary N) is 1. The Morgan fingerprint density at radius 2 is 1.60 bits per heavy atom. The molecule has 3 aliphatic rings. The lowest BCUT2D eigenvalue weighted by Crippen LogP contribution is -2.66. The third kappa shape index (κ3) is 5.32. The van der Waals surface area contributed by atoms with Crippen molar-refractivity contribution in [3.8, 4) is 0 Å². The number of hydrogen-bond acceptors (Lipinski definition) is 4. The fourth-order valence-corrected chi connectivity index (χ4v) is 11.6. The van der Waals surface area contributed by atoms with Gasteiger partial charge in [0.25, 0.3) is 8.32 Å². The summed E-state index contributed by atoms with van der Waals surface area (Å²) in [5.41, 5.74) is 8.64. The predicted octanol–water partition coefficient (Wildman–Crippen LogP) is 5.50. The minimum Gasteiger partial charge on any atom is -0.444 e. The van der Waals surface area contributed by atoms with Crippen molar-refractivity contribution in [3.63, 3.8) is 0 Å². The van der Waals surface area contributed by atoms with Gasteiger partial charge in [0.15, 0.2) is 0 Å². The number of amides is 2. The molecule has 1 saturated carbocycles. The maximum Gasteiger partial charge on any atom is 0.414 e. The molecule has 6 rings (SSSR count). The topological polar surface area (TPSA) is 81.9 Å². The van der Waals surface area contributed by atoms with Crippen LogP contribution in [0.15, 0.2) is 91.0 Å². The summed E-state index contributed by atoms with van der Waals surface area (Å²) in [5, 5.41) is 2.63. The van der Waals surface area contributed by atoms with Gasteiger partial charge >= 0.3 is 6.09 Å². The first-order valence-electron chi connectivity index (χ1n) is 15.0. The molecule has 1 saturated heterocycles. The summed E-state index contributed by atoms with van der Waals surface area (Å²) >= 11 is 0. The number of carbonyl (C=O) groups is 2. The Morgan fingerprint density at radius 1 is 0.976 bits per heavy atom. The van der Waals surface area contributed by atoms with Gasteiger partial charge < -0.3 is 14.9 Å². The summed E-state index contributed by atoms with van der Waals surface area (Å²) in [7, 11) is -2.53. The monoisotopic (exact) mass is 580 g/mol. The highest BCUT2D eigenvalue weighted by Gasteiger charge is 2.56. The first kappa shape index (κ1) is 28.4. The van der Waals surface area contributed by atoms with Gasteiger partial charge in [0.1, 0.15) is 6.10 Å². The van der Waals surface area contributed by atoms with Gasteiger partial charge in [-0.3, -0.25) is 9.69 Å². The van der Waals surface area contributed by atoms with Crippen LogP contribution in [-0.4, -0.2) is 39.6 Å². The van der Waals surface area contributed by atoms with Crippen LogP contribution in [0.25, 0.3) is 5.57 Å². The fraction of sp³-hybridized carbons (Fsp3) is 0.371. The lowest BCUT2D eigenvalue weighted by Gasteiger charge is -2.43. The molecule has 42 heavy (non-hydrogen) atoms. The summed E-state index contributed by atoms with van der Waals surface area (Å²) in [4.78, 5) is 25.1. The third-order valence-corrected chi connectivity index (χ3v) is 14.3. The molecule has 1 heterocycles. The van der Waals surface area contributed by atoms with Gasteiger partial charge in [0.2, 0.25) is 5.91 Å². The molecule has 1 aliphatic heterocycles. The second kappa shape index (κ2) is 11.2. The van der Waals surface area contributed by atoms with Crippen molar-refractivity contribution in [1.82, 2.24) is 0 Å². The number of carbonyl (C=O) groups excluding carboxylic acids is 2. The van der Waals surface area contributed by atoms with Crippen molar-refractivity contribution in [2.75, 3.05) is 18.1 Å². The van der Waals surface area contributed by atoms with Crippen LogP contribution in [0.4, 0.5) is 10.5 Å². The van der Waals surface area contributed by atoms with Crippen LogP contribution in [0.3, 0.4) is 0 Å². The third-order valence-electron chi connectivity index (χ3n) is 9.29. The molecule has 3 aromatic carbocycles. The van der Waals surface area contributed by atoms with E-state index in [2.05, 4.69) is 99.6 Å². The number of hydrogen-bond donors (Lipinski definition) is 1. The van der Waals surface area contributed by atoms with Crippen LogP contribution in [0.2, 0.25) is 5.04 Å². The van der Waals surface area contributed by atoms with E-state index in [4.69, 9.17) is 14.9 Å². The average Bonchev–Trinajstić information content (AvgIpc) is 3.27. The number of nitrogens with zero attached hydrogens (tertiary/aromatic N) is 1. The van der Waals surface area contributed by atoms with E-state index in [0.717, 1.165) is 18.7 Å². The molecule has 2 amide bonds. The van der Waals surface area contributed by atoms with Crippen LogP contribution in [-0.2, 0) is 14.0 Å². The number of cyclic esters (lactones) is 1. The number of anilines is 1. The zero-order valence-corrected chi connectivity index (χ0v) is 25.7. The molecule has 2 fully saturated rings. The van der Waals surface area contributed by atoms with Crippen molar-refractivity contribution >= 4 is 42.0 Å². The van der Waals surface area contributed by atoms with Crippen molar-refractivity contribution in [2.45, 2.75) is 51.2 Å². The largest absolute Gasteiger partial charge is 0.444 e. The molecule has 2 N–H and O–H groups in total. The van der Waals surface area contributed by atoms with Crippen LogP contribution < -0.4 is 21.0 Å². The molecule has 3 unspecified atom stereocenters. The molecule has 7 heteroatoms. The maximum absolute atomic E-state index is 12.4. The van der Waals surface area contributed by atoms with Crippen molar-refractivity contribution in [2.24, 2.45) is 23.5 Å². The lowest BCUT2D eigenvalue weighted by molar-refractivity contribution is -0.118. The second-order valence-corrected chi connectivity index (χ2v) is 17.2. The highest BCUT2D eigenvalue weighted by atomic mass is 28.4. The van der Waals surface area contributed by atoms with E-state index in [1.807, 2.05) is 12.1 Å². The smallest absolute Gasteiger partial charge is 0.414 e. The minimum atomic E-state index is -2.53. The van der Waals surface area contributed by atoms with Crippen molar-refractivity contribution < 1.29 is 18.8 Å². The Kier molecular flexibility index (Phi) is 7.58. The van der Waals surface area contributed by atoms with Crippen molar-refractivity contribution in [1.29, 1.82) is 0 Å². The molecule has 2 aliphatic carbocycles. The number of ether oxygens (including phenoxy) is 1. The van der Waals surface area contributed by atoms with E-state index in [1.165, 1.54) is 21.5 Å². The van der Waals surface area contributed by atoms with Gasteiger partial charge in [0.05, 0.1) is 6.54 Å². The predicted molar refractivity (Wildman–Crippen MR) is 169 cm³/mol. The zero-order chi connectivity index (χ0) is 29.5. The number of allylic oxidation sites excluding steroid dienone is 2. The van der Waals surface area contributed by atoms with Crippen molar-refractivity contribution in [3.05, 3.63) is 96.6 Å². The van der Waals surface area contributed by atoms with E-state index in [-0.39, 0.29) is 29.6 Å². The van der Waals surface area contributed by atoms with Crippen LogP contribution in [0.5, 0.6) is 0 Å². The Labute approximate surface area is 249 Å². The van der Waals surface area contributed by atoms with Gasteiger partial charge in [-0.1, -0.05) is 99.6 Å². The van der Waals surface area contributed by atoms with Gasteiger partial charge in [-0.15, -0.1) is 0 Å². The Morgan fingerprint density at radius 3 is 2.12 bits per heavy atom. The average molecular weight is 581 g/mol. The van der Waals surface area contributed by atoms with Crippen LogP contribution in [0, 0.1) is 17.8 Å². The quantitative estimate of drug-likeness (QED) is 0.321. The molecule has 0 aromatic heterocycles. The molecule has 218 valence electrons. The molecule has 4 atom stereocenters. The SMILES string of the molecule is CC(C)(C)[Si](OCC1C2C=C(c3ccc(N4C[C@H](CCC(N)=O)OC4=O)cc3)CC21)(c1ccccc1)c1ccccc1. The normalized spacial score (nSPS) is 23.4. The summed E-state index contributed by atoms with van der Waals surface area (Å²) in [6, 6.07) is 29.9. The van der Waals surface area contributed by atoms with Gasteiger partial charge in [0, 0.05) is 18.7 Å². The molecule has 0 spiro atoms. The summed E-state index contributed by atoms with van der Waals surface area (Å²) in [5.74, 6) is 1.34. The molecular weight excluding hydrogens is 540 g/mol. The number of rotatable bonds is 10. The van der Waals surface area contributed by atoms with Gasteiger partial charge in [-0.25, -0.2) is 4.79 Å². The zero-order valence-electron chi connectivity index (χ0n) is 24.7. The number of fused-ring (bicyclic) bond motifs is 1. The standard InChI is InChI=1S/C35H40N2O4Si/c1-35(2,3)42(28-10-6-4-7-11-28,29-12-8-5-9-13-29)40-23-32-30-20-25(21-31(30)32)24-14-16-26(17-15-24)37-22-27(41-34(37)39)18-19-33(36)38/h4-17,20,27,30-32H,18-19,21-23H2,1-3H3,(H2,36,38)/t27-,30?,31?,32?/m0/s1. The maximum atomic E-state index is 12.4. The van der Waals surface area contributed by atoms with E-state index < -0.39 is 8.32 Å². The summed E-state index contributed by atoms with van der Waals surface area (Å²) in [6.45, 7) is 8.21. The molecule has 6 nitrogen and oxygen atoms in total. The first-order valence-corrected chi connectivity index (χ1v) is 16.9. The highest BCUT2D eigenvalue weighted by molar-refractivity contribution is 6.99. The lowest BCUT2D eigenvalue weighted by atomic mass is 10.0. The van der Waals surface area contributed by atoms with Gasteiger partial charge in [-0.2, -0.15) is 0 Å². The minimum absolute atomic E-state index is 0.0217. The summed E-state index contributed by atoms with van der Waals surface area (Å²) in [6.07, 6.45) is 3.49. The van der Waals surface area contributed by atoms with Gasteiger partial charge in [-0.05, 0) is 69.3 Å². The van der Waals surface area contributed by atoms with E-state index in [1.54, 1.807) is 4.90 Å². The highest BCUT2D eigenvalue weighted by Crippen LogP contribution is 2.58. The number of primary amides is 1. The Hall–Kier alpha value is -3.68. The number of benzene rings is 3. The Balaban J connectivity index is 1.13. The Bertz CT molecular complexity index is 1430. The van der Waals surface area contributed by atoms with E-state index in [0.29, 0.717) is 30.7 Å². The van der Waals surface area contributed by atoms with Crippen LogP contribution in [0.1, 0.15) is 45.6 Å². The first-order chi connectivity index (χ1) is 20.2. The van der Waals surface area contributed by atoms with Crippen LogP contribution >= 0.6 is 0 Å². The second-order valence-electron chi connectivity index (χ2n) is 12.9. The molecule has 0 bridgehead atoms. The van der Waals surface area contributed by atoms with E-state index in [9.17, 15) is 9.59 Å². The fourth-order valence-electron chi connectivity index (χ4n) is 7.04.